The molecule has 2 nitrogen and oxygen atoms in total. The Bertz CT molecular complexity index is 187. The fourth-order valence-electron chi connectivity index (χ4n) is 1.55. The van der Waals surface area contributed by atoms with Gasteiger partial charge in [0.15, 0.2) is 0 Å². The Kier molecular flexibility index (Phi) is 4.76. The van der Waals surface area contributed by atoms with Crippen LogP contribution in [0.1, 0.15) is 32.6 Å². The second-order valence-electron chi connectivity index (χ2n) is 3.80. The summed E-state index contributed by atoms with van der Waals surface area (Å²) in [4.78, 5) is 11.2. The normalized spacial score (nSPS) is 29.3. The summed E-state index contributed by atoms with van der Waals surface area (Å²) in [7, 11) is 0. The molecule has 0 amide bonds. The van der Waals surface area contributed by atoms with Crippen molar-refractivity contribution in [3.63, 3.8) is 0 Å². The van der Waals surface area contributed by atoms with Crippen molar-refractivity contribution in [2.24, 2.45) is 5.92 Å². The Morgan fingerprint density at radius 3 is 3.23 bits per heavy atom. The van der Waals surface area contributed by atoms with E-state index in [-0.39, 0.29) is 0 Å². The second-order valence-corrected chi connectivity index (χ2v) is 3.80. The van der Waals surface area contributed by atoms with Crippen LogP contribution in [0, 0.1) is 5.92 Å². The van der Waals surface area contributed by atoms with E-state index in [9.17, 15) is 4.79 Å². The van der Waals surface area contributed by atoms with E-state index < -0.39 is 0 Å². The predicted octanol–water partition coefficient (Wildman–Crippen LogP) is 1.91. The fraction of sp³-hybridized carbons (Fsp3) is 0.727. The van der Waals surface area contributed by atoms with Gasteiger partial charge in [-0.2, -0.15) is 0 Å². The van der Waals surface area contributed by atoms with E-state index in [0.717, 1.165) is 32.2 Å². The van der Waals surface area contributed by atoms with Crippen molar-refractivity contribution in [1.82, 2.24) is 5.32 Å². The molecule has 1 rings (SSSR count). The highest BCUT2D eigenvalue weighted by molar-refractivity contribution is 5.80. The molecule has 0 fully saturated rings. The molecule has 0 spiro atoms. The SMILES string of the molecule is CC1/C=C\CCNCC(=O)CCC1. The number of hydrogen-bond acceptors (Lipinski definition) is 2. The summed E-state index contributed by atoms with van der Waals surface area (Å²) in [5.74, 6) is 0.986. The van der Waals surface area contributed by atoms with Crippen LogP contribution >= 0.6 is 0 Å². The number of allylic oxidation sites excluding steroid dienone is 1. The van der Waals surface area contributed by atoms with Gasteiger partial charge < -0.3 is 5.32 Å². The first-order chi connectivity index (χ1) is 6.29. The van der Waals surface area contributed by atoms with E-state index >= 15 is 0 Å². The Morgan fingerprint density at radius 1 is 1.54 bits per heavy atom. The molecule has 1 unspecified atom stereocenters. The molecule has 74 valence electrons. The highest BCUT2D eigenvalue weighted by Crippen LogP contribution is 2.10. The Balaban J connectivity index is 2.36. The van der Waals surface area contributed by atoms with Crippen molar-refractivity contribution < 1.29 is 4.79 Å². The van der Waals surface area contributed by atoms with Crippen molar-refractivity contribution in [3.8, 4) is 0 Å². The number of hydrogen-bond donors (Lipinski definition) is 1. The van der Waals surface area contributed by atoms with Crippen LogP contribution in [-0.2, 0) is 4.79 Å². The molecular formula is C11H19NO. The van der Waals surface area contributed by atoms with Crippen LogP contribution in [0.2, 0.25) is 0 Å². The van der Waals surface area contributed by atoms with Gasteiger partial charge in [-0.1, -0.05) is 19.1 Å². The topological polar surface area (TPSA) is 29.1 Å². The van der Waals surface area contributed by atoms with Crippen LogP contribution in [-0.4, -0.2) is 18.9 Å². The van der Waals surface area contributed by atoms with Gasteiger partial charge in [0.1, 0.15) is 5.78 Å². The number of nitrogens with one attached hydrogen (secondary N) is 1. The van der Waals surface area contributed by atoms with E-state index in [1.165, 1.54) is 0 Å². The lowest BCUT2D eigenvalue weighted by molar-refractivity contribution is -0.118. The first-order valence-corrected chi connectivity index (χ1v) is 5.18. The Labute approximate surface area is 80.4 Å². The molecular weight excluding hydrogens is 162 g/mol. The van der Waals surface area contributed by atoms with Crippen LogP contribution in [0.25, 0.3) is 0 Å². The summed E-state index contributed by atoms with van der Waals surface area (Å²) in [5, 5.41) is 3.15. The lowest BCUT2D eigenvalue weighted by atomic mass is 10.0. The monoisotopic (exact) mass is 181 g/mol. The fourth-order valence-corrected chi connectivity index (χ4v) is 1.55. The highest BCUT2D eigenvalue weighted by Gasteiger charge is 2.04. The van der Waals surface area contributed by atoms with E-state index in [4.69, 9.17) is 0 Å². The lowest BCUT2D eigenvalue weighted by Crippen LogP contribution is -2.23. The van der Waals surface area contributed by atoms with Crippen LogP contribution < -0.4 is 5.32 Å². The van der Waals surface area contributed by atoms with Crippen molar-refractivity contribution >= 4 is 5.78 Å². The van der Waals surface area contributed by atoms with Crippen LogP contribution in [0.15, 0.2) is 12.2 Å². The molecule has 13 heavy (non-hydrogen) atoms. The van der Waals surface area contributed by atoms with Gasteiger partial charge >= 0.3 is 0 Å². The zero-order valence-electron chi connectivity index (χ0n) is 8.38. The van der Waals surface area contributed by atoms with Gasteiger partial charge in [0, 0.05) is 6.42 Å². The van der Waals surface area contributed by atoms with E-state index in [1.807, 2.05) is 0 Å². The summed E-state index contributed by atoms with van der Waals surface area (Å²) in [6, 6.07) is 0. The van der Waals surface area contributed by atoms with E-state index in [2.05, 4.69) is 24.4 Å². The number of ketones is 1. The molecule has 1 N–H and O–H groups in total. The smallest absolute Gasteiger partial charge is 0.146 e. The average Bonchev–Trinajstić information content (AvgIpc) is 2.13. The molecule has 0 saturated heterocycles. The van der Waals surface area contributed by atoms with Crippen LogP contribution in [0.3, 0.4) is 0 Å². The summed E-state index contributed by atoms with van der Waals surface area (Å²) < 4.78 is 0. The quantitative estimate of drug-likeness (QED) is 0.578. The zero-order valence-corrected chi connectivity index (χ0v) is 8.38. The first kappa shape index (κ1) is 10.5. The average molecular weight is 181 g/mol. The molecule has 0 radical (unpaired) electrons. The summed E-state index contributed by atoms with van der Waals surface area (Å²) >= 11 is 0. The van der Waals surface area contributed by atoms with Crippen LogP contribution in [0.4, 0.5) is 0 Å². The van der Waals surface area contributed by atoms with Crippen molar-refractivity contribution in [1.29, 1.82) is 0 Å². The van der Waals surface area contributed by atoms with Gasteiger partial charge in [-0.3, -0.25) is 4.79 Å². The molecule has 1 aliphatic rings. The molecule has 1 aliphatic heterocycles. The minimum atomic E-state index is 0.356. The Hall–Kier alpha value is -0.630. The molecule has 0 bridgehead atoms. The first-order valence-electron chi connectivity index (χ1n) is 5.18. The molecule has 1 atom stereocenters. The van der Waals surface area contributed by atoms with E-state index in [1.54, 1.807) is 0 Å². The maximum atomic E-state index is 11.2. The van der Waals surface area contributed by atoms with Gasteiger partial charge in [-0.15, -0.1) is 0 Å². The van der Waals surface area contributed by atoms with Crippen molar-refractivity contribution in [2.75, 3.05) is 13.1 Å². The van der Waals surface area contributed by atoms with Crippen molar-refractivity contribution in [2.45, 2.75) is 32.6 Å². The summed E-state index contributed by atoms with van der Waals surface area (Å²) in [6.07, 6.45) is 8.43. The minimum Gasteiger partial charge on any atom is -0.310 e. The van der Waals surface area contributed by atoms with Gasteiger partial charge in [-0.05, 0) is 31.7 Å². The third-order valence-corrected chi connectivity index (χ3v) is 2.39. The van der Waals surface area contributed by atoms with Gasteiger partial charge in [0.2, 0.25) is 0 Å². The van der Waals surface area contributed by atoms with Gasteiger partial charge in [-0.25, -0.2) is 0 Å². The predicted molar refractivity (Wildman–Crippen MR) is 54.6 cm³/mol. The maximum Gasteiger partial charge on any atom is 0.146 e. The second kappa shape index (κ2) is 5.92. The largest absolute Gasteiger partial charge is 0.310 e. The highest BCUT2D eigenvalue weighted by atomic mass is 16.1. The molecule has 0 aromatic carbocycles. The van der Waals surface area contributed by atoms with Crippen LogP contribution in [0.5, 0.6) is 0 Å². The molecule has 0 aliphatic carbocycles. The van der Waals surface area contributed by atoms with Crippen molar-refractivity contribution in [3.05, 3.63) is 12.2 Å². The summed E-state index contributed by atoms with van der Waals surface area (Å²) in [6.45, 7) is 3.70. The number of Topliss-reactive ketones (excluding diaryl/α,β-unsaturated/α-hetero) is 1. The molecule has 2 heteroatoms. The number of rotatable bonds is 0. The third-order valence-electron chi connectivity index (χ3n) is 2.39. The van der Waals surface area contributed by atoms with Gasteiger partial charge in [0.05, 0.1) is 6.54 Å². The number of carbonyl (C=O) groups excluding carboxylic acids is 1. The maximum absolute atomic E-state index is 11.2. The molecule has 0 aromatic rings. The lowest BCUT2D eigenvalue weighted by Gasteiger charge is -2.04. The minimum absolute atomic E-state index is 0.356. The molecule has 0 saturated carbocycles. The number of carbonyl (C=O) groups is 1. The molecule has 1 heterocycles. The van der Waals surface area contributed by atoms with E-state index in [0.29, 0.717) is 18.2 Å². The Morgan fingerprint density at radius 2 is 2.38 bits per heavy atom. The van der Waals surface area contributed by atoms with Gasteiger partial charge in [0.25, 0.3) is 0 Å². The zero-order chi connectivity index (χ0) is 9.52. The third kappa shape index (κ3) is 4.83. The summed E-state index contributed by atoms with van der Waals surface area (Å²) in [5.41, 5.74) is 0. The standard InChI is InChI=1S/C11H19NO/c1-10-5-2-3-8-12-9-11(13)7-4-6-10/h2,5,10,12H,3-4,6-9H2,1H3/b5-2-. The molecule has 0 aromatic heterocycles.